The summed E-state index contributed by atoms with van der Waals surface area (Å²) >= 11 is 0. The molecule has 8 N–H and O–H groups in total. The predicted molar refractivity (Wildman–Crippen MR) is 144 cm³/mol. The molecule has 2 aromatic rings. The molecular formula is C27H40N6O6. The van der Waals surface area contributed by atoms with E-state index < -0.39 is 47.9 Å². The number of hydrogen-bond acceptors (Lipinski definition) is 7. The number of carbonyl (C=O) groups is 4. The smallest absolute Gasteiger partial charge is 0.326 e. The molecule has 214 valence electrons. The van der Waals surface area contributed by atoms with Crippen LogP contribution in [0.15, 0.2) is 36.8 Å². The van der Waals surface area contributed by atoms with Crippen molar-refractivity contribution < 1.29 is 29.4 Å². The van der Waals surface area contributed by atoms with Gasteiger partial charge in [0.25, 0.3) is 0 Å². The van der Waals surface area contributed by atoms with Crippen LogP contribution in [0.4, 0.5) is 0 Å². The molecule has 3 amide bonds. The first-order chi connectivity index (χ1) is 18.4. The maximum absolute atomic E-state index is 13.5. The van der Waals surface area contributed by atoms with Crippen LogP contribution in [-0.2, 0) is 32.0 Å². The molecular weight excluding hydrogens is 504 g/mol. The standard InChI is InChI=1S/C27H40N6O6/c1-5-16(4)23(26(37)32-22(27(38)39)12-18-13-29-14-30-18)33-25(36)21(11-17-6-8-19(34)9-7-17)31-24(35)20(28)10-15(2)3/h6-9,13-16,20-23,34H,5,10-12,28H2,1-4H3,(H,29,30)(H,31,35)(H,32,37)(H,33,36)(H,38,39). The number of carboxylic acids is 1. The van der Waals surface area contributed by atoms with Crippen LogP contribution in [0.3, 0.4) is 0 Å². The van der Waals surface area contributed by atoms with Crippen LogP contribution in [0.2, 0.25) is 0 Å². The Morgan fingerprint density at radius 1 is 0.949 bits per heavy atom. The molecule has 0 saturated heterocycles. The fourth-order valence-electron chi connectivity index (χ4n) is 4.00. The van der Waals surface area contributed by atoms with E-state index in [1.165, 1.54) is 24.7 Å². The number of amides is 3. The first-order valence-corrected chi connectivity index (χ1v) is 13.1. The van der Waals surface area contributed by atoms with Gasteiger partial charge in [-0.1, -0.05) is 46.2 Å². The van der Waals surface area contributed by atoms with E-state index in [2.05, 4.69) is 25.9 Å². The number of nitrogens with one attached hydrogen (secondary N) is 4. The second-order valence-electron chi connectivity index (χ2n) is 10.2. The van der Waals surface area contributed by atoms with Crippen molar-refractivity contribution in [2.24, 2.45) is 17.6 Å². The molecule has 5 atom stereocenters. The summed E-state index contributed by atoms with van der Waals surface area (Å²) in [5.41, 5.74) is 7.23. The highest BCUT2D eigenvalue weighted by Gasteiger charge is 2.33. The van der Waals surface area contributed by atoms with Gasteiger partial charge in [-0.3, -0.25) is 14.4 Å². The summed E-state index contributed by atoms with van der Waals surface area (Å²) in [6.07, 6.45) is 3.88. The largest absolute Gasteiger partial charge is 0.508 e. The van der Waals surface area contributed by atoms with Crippen LogP contribution in [0.5, 0.6) is 5.75 Å². The first-order valence-electron chi connectivity index (χ1n) is 13.1. The number of aromatic nitrogens is 2. The van der Waals surface area contributed by atoms with Crippen molar-refractivity contribution in [1.82, 2.24) is 25.9 Å². The molecule has 5 unspecified atom stereocenters. The molecule has 0 aliphatic rings. The number of aliphatic carboxylic acids is 1. The summed E-state index contributed by atoms with van der Waals surface area (Å²) in [5.74, 6) is -3.13. The molecule has 0 spiro atoms. The van der Waals surface area contributed by atoms with Crippen molar-refractivity contribution >= 4 is 23.7 Å². The Labute approximate surface area is 228 Å². The predicted octanol–water partition coefficient (Wildman–Crippen LogP) is 0.859. The van der Waals surface area contributed by atoms with Gasteiger partial charge in [-0.05, 0) is 36.0 Å². The molecule has 1 heterocycles. The Morgan fingerprint density at radius 2 is 1.59 bits per heavy atom. The highest BCUT2D eigenvalue weighted by molar-refractivity contribution is 5.94. The normalized spacial score (nSPS) is 15.0. The van der Waals surface area contributed by atoms with Gasteiger partial charge in [-0.25, -0.2) is 9.78 Å². The second kappa shape index (κ2) is 14.9. The van der Waals surface area contributed by atoms with Crippen molar-refractivity contribution in [2.75, 3.05) is 0 Å². The number of nitrogens with two attached hydrogens (primary N) is 1. The highest BCUT2D eigenvalue weighted by Crippen LogP contribution is 2.14. The van der Waals surface area contributed by atoms with Crippen molar-refractivity contribution in [2.45, 2.75) is 77.5 Å². The Hall–Kier alpha value is -3.93. The highest BCUT2D eigenvalue weighted by atomic mass is 16.4. The van der Waals surface area contributed by atoms with E-state index in [4.69, 9.17) is 5.73 Å². The third-order valence-electron chi connectivity index (χ3n) is 6.46. The monoisotopic (exact) mass is 544 g/mol. The lowest BCUT2D eigenvalue weighted by Crippen LogP contribution is -2.59. The van der Waals surface area contributed by atoms with Crippen LogP contribution >= 0.6 is 0 Å². The third-order valence-corrected chi connectivity index (χ3v) is 6.46. The van der Waals surface area contributed by atoms with Crippen molar-refractivity contribution in [3.8, 4) is 5.75 Å². The topological polar surface area (TPSA) is 200 Å². The molecule has 0 aliphatic heterocycles. The van der Waals surface area contributed by atoms with E-state index >= 15 is 0 Å². The molecule has 0 fully saturated rings. The van der Waals surface area contributed by atoms with Gasteiger partial charge in [-0.15, -0.1) is 0 Å². The van der Waals surface area contributed by atoms with Crippen LogP contribution in [-0.4, -0.2) is 68.0 Å². The summed E-state index contributed by atoms with van der Waals surface area (Å²) in [4.78, 5) is 58.0. The molecule has 39 heavy (non-hydrogen) atoms. The van der Waals surface area contributed by atoms with Gasteiger partial charge >= 0.3 is 5.97 Å². The molecule has 0 bridgehead atoms. The van der Waals surface area contributed by atoms with Gasteiger partial charge < -0.3 is 36.9 Å². The number of aromatic amines is 1. The number of rotatable bonds is 15. The number of H-pyrrole nitrogens is 1. The molecule has 0 radical (unpaired) electrons. The van der Waals surface area contributed by atoms with Gasteiger partial charge in [0.15, 0.2) is 0 Å². The zero-order chi connectivity index (χ0) is 29.1. The van der Waals surface area contributed by atoms with Gasteiger partial charge in [0.1, 0.15) is 23.9 Å². The first kappa shape index (κ1) is 31.3. The van der Waals surface area contributed by atoms with Crippen LogP contribution in [0.1, 0.15) is 51.8 Å². The summed E-state index contributed by atoms with van der Waals surface area (Å²) in [5, 5.41) is 27.2. The van der Waals surface area contributed by atoms with Gasteiger partial charge in [0.05, 0.1) is 12.4 Å². The minimum Gasteiger partial charge on any atom is -0.508 e. The van der Waals surface area contributed by atoms with Gasteiger partial charge in [0, 0.05) is 24.7 Å². The molecule has 0 aliphatic carbocycles. The van der Waals surface area contributed by atoms with Gasteiger partial charge in [-0.2, -0.15) is 0 Å². The lowest BCUT2D eigenvalue weighted by atomic mass is 9.96. The van der Waals surface area contributed by atoms with Crippen molar-refractivity contribution in [3.63, 3.8) is 0 Å². The Bertz CT molecular complexity index is 1090. The number of phenols is 1. The lowest BCUT2D eigenvalue weighted by Gasteiger charge is -2.28. The van der Waals surface area contributed by atoms with Crippen LogP contribution < -0.4 is 21.7 Å². The summed E-state index contributed by atoms with van der Waals surface area (Å²) < 4.78 is 0. The Balaban J connectivity index is 2.24. The van der Waals surface area contributed by atoms with E-state index in [0.717, 1.165) is 0 Å². The molecule has 12 nitrogen and oxygen atoms in total. The molecule has 1 aromatic carbocycles. The number of benzene rings is 1. The zero-order valence-corrected chi connectivity index (χ0v) is 22.8. The fraction of sp³-hybridized carbons (Fsp3) is 0.519. The SMILES string of the molecule is CCC(C)C(NC(=O)C(Cc1ccc(O)cc1)NC(=O)C(N)CC(C)C)C(=O)NC(Cc1cnc[nH]1)C(=O)O. The van der Waals surface area contributed by atoms with E-state index in [1.807, 2.05) is 20.8 Å². The maximum Gasteiger partial charge on any atom is 0.326 e. The van der Waals surface area contributed by atoms with Crippen LogP contribution in [0, 0.1) is 11.8 Å². The van der Waals surface area contributed by atoms with Crippen molar-refractivity contribution in [3.05, 3.63) is 48.0 Å². The summed E-state index contributed by atoms with van der Waals surface area (Å²) in [6.45, 7) is 7.47. The average molecular weight is 545 g/mol. The average Bonchev–Trinajstić information content (AvgIpc) is 3.39. The van der Waals surface area contributed by atoms with Gasteiger partial charge in [0.2, 0.25) is 17.7 Å². The van der Waals surface area contributed by atoms with E-state index in [1.54, 1.807) is 19.1 Å². The number of carbonyl (C=O) groups excluding carboxylic acids is 3. The van der Waals surface area contributed by atoms with E-state index in [-0.39, 0.29) is 30.4 Å². The third kappa shape index (κ3) is 10.0. The second-order valence-corrected chi connectivity index (χ2v) is 10.2. The minimum atomic E-state index is -1.25. The fourth-order valence-corrected chi connectivity index (χ4v) is 4.00. The van der Waals surface area contributed by atoms with Crippen LogP contribution in [0.25, 0.3) is 0 Å². The summed E-state index contributed by atoms with van der Waals surface area (Å²) in [6, 6.07) is 1.99. The summed E-state index contributed by atoms with van der Waals surface area (Å²) in [7, 11) is 0. The minimum absolute atomic E-state index is 0.0183. The number of phenolic OH excluding ortho intramolecular Hbond substituents is 1. The van der Waals surface area contributed by atoms with Crippen molar-refractivity contribution in [1.29, 1.82) is 0 Å². The maximum atomic E-state index is 13.5. The Morgan fingerprint density at radius 3 is 2.13 bits per heavy atom. The Kier molecular flexibility index (Phi) is 11.9. The van der Waals surface area contributed by atoms with E-state index in [9.17, 15) is 29.4 Å². The number of imidazole rings is 1. The van der Waals surface area contributed by atoms with E-state index in [0.29, 0.717) is 24.1 Å². The number of nitrogens with zero attached hydrogens (tertiary/aromatic N) is 1. The zero-order valence-electron chi connectivity index (χ0n) is 22.8. The lowest BCUT2D eigenvalue weighted by molar-refractivity contribution is -0.142. The molecule has 0 saturated carbocycles. The number of carboxylic acid groups (broad SMARTS) is 1. The number of hydrogen-bond donors (Lipinski definition) is 7. The number of aromatic hydroxyl groups is 1. The molecule has 1 aromatic heterocycles. The molecule has 2 rings (SSSR count). The quantitative estimate of drug-likeness (QED) is 0.171. The molecule has 12 heteroatoms.